The van der Waals surface area contributed by atoms with Gasteiger partial charge in [-0.05, 0) is 37.0 Å². The molecule has 84 valence electrons. The van der Waals surface area contributed by atoms with E-state index in [0.717, 1.165) is 40.8 Å². The summed E-state index contributed by atoms with van der Waals surface area (Å²) in [5.74, 6) is 0.112. The molecule has 2 heteroatoms. The molecular weight excluding hydrogens is 210 g/mol. The Hall–Kier alpha value is -1.96. The largest absolute Gasteiger partial charge is 0.289 e. The van der Waals surface area contributed by atoms with Crippen LogP contribution in [-0.2, 0) is 12.8 Å². The molecule has 3 rings (SSSR count). The number of fused-ring (bicyclic) bond motifs is 2. The van der Waals surface area contributed by atoms with Crippen LogP contribution in [0.1, 0.15) is 32.7 Å². The highest BCUT2D eigenvalue weighted by Crippen LogP contribution is 2.24. The van der Waals surface area contributed by atoms with E-state index in [4.69, 9.17) is 0 Å². The van der Waals surface area contributed by atoms with Crippen molar-refractivity contribution in [3.05, 3.63) is 64.5 Å². The Kier molecular flexibility index (Phi) is 2.29. The number of aryl methyl sites for hydroxylation is 3. The van der Waals surface area contributed by atoms with Crippen LogP contribution in [0, 0.1) is 6.92 Å². The average Bonchev–Trinajstić information content (AvgIpc) is 2.48. The van der Waals surface area contributed by atoms with Crippen molar-refractivity contribution in [1.29, 1.82) is 0 Å². The fourth-order valence-electron chi connectivity index (χ4n) is 2.40. The Balaban J connectivity index is 2.20. The summed E-state index contributed by atoms with van der Waals surface area (Å²) in [7, 11) is 0. The minimum atomic E-state index is 0.112. The number of ketones is 1. The number of hydrogen-bond acceptors (Lipinski definition) is 2. The number of nitrogens with zero attached hydrogens (tertiary/aromatic N) is 1. The summed E-state index contributed by atoms with van der Waals surface area (Å²) in [5.41, 5.74) is 4.84. The molecule has 0 amide bonds. The first-order valence-corrected chi connectivity index (χ1v) is 5.84. The second-order valence-corrected chi connectivity index (χ2v) is 4.47. The van der Waals surface area contributed by atoms with E-state index in [1.165, 1.54) is 0 Å². The van der Waals surface area contributed by atoms with Crippen molar-refractivity contribution in [2.45, 2.75) is 19.8 Å². The maximum absolute atomic E-state index is 12.4. The lowest BCUT2D eigenvalue weighted by atomic mass is 10.0. The van der Waals surface area contributed by atoms with Crippen LogP contribution in [0.5, 0.6) is 0 Å². The summed E-state index contributed by atoms with van der Waals surface area (Å²) in [4.78, 5) is 16.6. The molecule has 17 heavy (non-hydrogen) atoms. The van der Waals surface area contributed by atoms with Gasteiger partial charge >= 0.3 is 0 Å². The summed E-state index contributed by atoms with van der Waals surface area (Å²) in [6.07, 6.45) is 3.56. The molecule has 2 nitrogen and oxygen atoms in total. The van der Waals surface area contributed by atoms with Crippen LogP contribution in [0.15, 0.2) is 36.5 Å². The highest BCUT2D eigenvalue weighted by molar-refractivity contribution is 6.11. The van der Waals surface area contributed by atoms with Gasteiger partial charge < -0.3 is 0 Å². The second kappa shape index (κ2) is 3.81. The molecule has 0 bridgehead atoms. The zero-order valence-corrected chi connectivity index (χ0v) is 9.73. The Morgan fingerprint density at radius 1 is 1.06 bits per heavy atom. The van der Waals surface area contributed by atoms with Crippen LogP contribution in [0.3, 0.4) is 0 Å². The molecule has 0 saturated carbocycles. The van der Waals surface area contributed by atoms with E-state index in [-0.39, 0.29) is 5.78 Å². The molecule has 1 aliphatic carbocycles. The van der Waals surface area contributed by atoms with Crippen LogP contribution < -0.4 is 0 Å². The van der Waals surface area contributed by atoms with Gasteiger partial charge in [-0.15, -0.1) is 0 Å². The summed E-state index contributed by atoms with van der Waals surface area (Å²) in [5, 5.41) is 0. The van der Waals surface area contributed by atoms with Crippen molar-refractivity contribution >= 4 is 5.78 Å². The van der Waals surface area contributed by atoms with Crippen LogP contribution in [-0.4, -0.2) is 10.8 Å². The summed E-state index contributed by atoms with van der Waals surface area (Å²) < 4.78 is 0. The maximum atomic E-state index is 12.4. The molecule has 0 fully saturated rings. The fourth-order valence-corrected chi connectivity index (χ4v) is 2.40. The molecule has 0 atom stereocenters. The number of pyridine rings is 1. The van der Waals surface area contributed by atoms with Gasteiger partial charge in [0.1, 0.15) is 0 Å². The predicted molar refractivity (Wildman–Crippen MR) is 66.3 cm³/mol. The van der Waals surface area contributed by atoms with Crippen molar-refractivity contribution in [3.8, 4) is 0 Å². The first-order valence-electron chi connectivity index (χ1n) is 5.84. The van der Waals surface area contributed by atoms with Crippen molar-refractivity contribution in [3.63, 3.8) is 0 Å². The van der Waals surface area contributed by atoms with Crippen molar-refractivity contribution in [2.75, 3.05) is 0 Å². The Labute approximate surface area is 100 Å². The molecule has 1 aliphatic rings. The highest BCUT2D eigenvalue weighted by Gasteiger charge is 2.20. The van der Waals surface area contributed by atoms with E-state index in [2.05, 4.69) is 4.98 Å². The van der Waals surface area contributed by atoms with Crippen molar-refractivity contribution in [2.24, 2.45) is 0 Å². The highest BCUT2D eigenvalue weighted by atomic mass is 16.1. The normalized spacial score (nSPS) is 13.8. The molecule has 0 spiro atoms. The lowest BCUT2D eigenvalue weighted by molar-refractivity contribution is 0.103. The van der Waals surface area contributed by atoms with Gasteiger partial charge in [-0.2, -0.15) is 0 Å². The van der Waals surface area contributed by atoms with Gasteiger partial charge in [0.05, 0.1) is 0 Å². The molecule has 1 aromatic carbocycles. The van der Waals surface area contributed by atoms with Gasteiger partial charge in [0, 0.05) is 23.0 Å². The van der Waals surface area contributed by atoms with Crippen molar-refractivity contribution in [1.82, 2.24) is 4.98 Å². The quantitative estimate of drug-likeness (QED) is 0.687. The van der Waals surface area contributed by atoms with E-state index in [1.54, 1.807) is 6.20 Å². The molecule has 2 aromatic rings. The number of aromatic nitrogens is 1. The Bertz CT molecular complexity index is 602. The van der Waals surface area contributed by atoms with Crippen LogP contribution in [0.4, 0.5) is 0 Å². The molecule has 0 unspecified atom stereocenters. The standard InChI is InChI=1S/C15H13NO/c1-10-8-12-7-6-11-4-2-3-5-13(11)15(17)14(12)9-16-10/h2-5,8-9H,6-7H2,1H3. The molecule has 0 aliphatic heterocycles. The number of rotatable bonds is 0. The lowest BCUT2D eigenvalue weighted by Gasteiger charge is -2.04. The Morgan fingerprint density at radius 3 is 2.71 bits per heavy atom. The van der Waals surface area contributed by atoms with Gasteiger partial charge in [-0.3, -0.25) is 9.78 Å². The average molecular weight is 223 g/mol. The molecular formula is C15H13NO. The second-order valence-electron chi connectivity index (χ2n) is 4.47. The molecule has 1 heterocycles. The number of carbonyl (C=O) groups excluding carboxylic acids is 1. The van der Waals surface area contributed by atoms with Gasteiger partial charge in [-0.25, -0.2) is 0 Å². The zero-order chi connectivity index (χ0) is 11.8. The van der Waals surface area contributed by atoms with Gasteiger partial charge in [0.2, 0.25) is 0 Å². The molecule has 0 N–H and O–H groups in total. The van der Waals surface area contributed by atoms with Crippen LogP contribution >= 0.6 is 0 Å². The third kappa shape index (κ3) is 1.66. The lowest BCUT2D eigenvalue weighted by Crippen LogP contribution is -2.05. The third-order valence-electron chi connectivity index (χ3n) is 3.30. The number of hydrogen-bond donors (Lipinski definition) is 0. The van der Waals surface area contributed by atoms with E-state index >= 15 is 0 Å². The minimum Gasteiger partial charge on any atom is -0.289 e. The summed E-state index contributed by atoms with van der Waals surface area (Å²) >= 11 is 0. The molecule has 1 aromatic heterocycles. The van der Waals surface area contributed by atoms with Crippen molar-refractivity contribution < 1.29 is 4.79 Å². The van der Waals surface area contributed by atoms with Crippen LogP contribution in [0.25, 0.3) is 0 Å². The molecule has 0 saturated heterocycles. The topological polar surface area (TPSA) is 30.0 Å². The maximum Gasteiger partial charge on any atom is 0.195 e. The van der Waals surface area contributed by atoms with Gasteiger partial charge in [-0.1, -0.05) is 24.3 Å². The monoisotopic (exact) mass is 223 g/mol. The van der Waals surface area contributed by atoms with Gasteiger partial charge in [0.15, 0.2) is 5.78 Å². The van der Waals surface area contributed by atoms with Crippen LogP contribution in [0.2, 0.25) is 0 Å². The van der Waals surface area contributed by atoms with E-state index in [0.29, 0.717) is 0 Å². The smallest absolute Gasteiger partial charge is 0.195 e. The number of benzene rings is 1. The van der Waals surface area contributed by atoms with E-state index < -0.39 is 0 Å². The van der Waals surface area contributed by atoms with E-state index in [1.807, 2.05) is 37.3 Å². The fraction of sp³-hybridized carbons (Fsp3) is 0.200. The van der Waals surface area contributed by atoms with E-state index in [9.17, 15) is 4.79 Å². The first kappa shape index (κ1) is 10.2. The third-order valence-corrected chi connectivity index (χ3v) is 3.30. The van der Waals surface area contributed by atoms with Gasteiger partial charge in [0.25, 0.3) is 0 Å². The predicted octanol–water partition coefficient (Wildman–Crippen LogP) is 2.72. The first-order chi connectivity index (χ1) is 8.25. The zero-order valence-electron chi connectivity index (χ0n) is 9.73. The SMILES string of the molecule is Cc1cc2c(cn1)C(=O)c1ccccc1CC2. The minimum absolute atomic E-state index is 0.112. The Morgan fingerprint density at radius 2 is 1.82 bits per heavy atom. The number of carbonyl (C=O) groups is 1. The molecule has 0 radical (unpaired) electrons. The summed E-state index contributed by atoms with van der Waals surface area (Å²) in [6.45, 7) is 1.96. The summed E-state index contributed by atoms with van der Waals surface area (Å²) in [6, 6.07) is 9.89.